The molecule has 1 fully saturated rings. The predicted molar refractivity (Wildman–Crippen MR) is 123 cm³/mol. The number of carbonyl (C=O) groups is 1. The molecule has 1 aliphatic heterocycles. The Morgan fingerprint density at radius 2 is 1.88 bits per heavy atom. The lowest BCUT2D eigenvalue weighted by Crippen LogP contribution is -2.37. The van der Waals surface area contributed by atoms with Crippen LogP contribution in [0.4, 0.5) is 0 Å². The Bertz CT molecular complexity index is 1100. The van der Waals surface area contributed by atoms with Crippen LogP contribution in [-0.4, -0.2) is 40.8 Å². The second kappa shape index (κ2) is 8.69. The van der Waals surface area contributed by atoms with Gasteiger partial charge in [0, 0.05) is 17.2 Å². The van der Waals surface area contributed by atoms with Crippen LogP contribution >= 0.6 is 0 Å². The second-order valence-corrected chi connectivity index (χ2v) is 8.54. The summed E-state index contributed by atoms with van der Waals surface area (Å²) in [5, 5.41) is 7.63. The molecule has 0 spiro atoms. The number of amides is 1. The number of methoxy groups -OCH3 is 1. The first-order chi connectivity index (χ1) is 15.7. The van der Waals surface area contributed by atoms with Crippen molar-refractivity contribution in [2.75, 3.05) is 13.7 Å². The summed E-state index contributed by atoms with van der Waals surface area (Å²) in [6, 6.07) is 16.1. The van der Waals surface area contributed by atoms with Crippen molar-refractivity contribution in [1.82, 2.24) is 15.1 Å². The molecule has 1 amide bonds. The number of aromatic amines is 1. The van der Waals surface area contributed by atoms with Crippen LogP contribution in [0.5, 0.6) is 11.5 Å². The van der Waals surface area contributed by atoms with Crippen LogP contribution in [0.3, 0.4) is 0 Å². The van der Waals surface area contributed by atoms with Gasteiger partial charge < -0.3 is 14.4 Å². The summed E-state index contributed by atoms with van der Waals surface area (Å²) >= 11 is 0. The fourth-order valence-electron chi connectivity index (χ4n) is 5.05. The smallest absolute Gasteiger partial charge is 0.273 e. The fraction of sp³-hybridized carbons (Fsp3) is 0.385. The van der Waals surface area contributed by atoms with E-state index in [4.69, 9.17) is 9.47 Å². The number of nitrogens with zero attached hydrogens (tertiary/aromatic N) is 2. The number of carbonyl (C=O) groups excluding carboxylic acids is 1. The molecule has 32 heavy (non-hydrogen) atoms. The van der Waals surface area contributed by atoms with Crippen LogP contribution < -0.4 is 9.47 Å². The third-order valence-electron chi connectivity index (χ3n) is 6.53. The molecular formula is C26H29N3O3. The summed E-state index contributed by atoms with van der Waals surface area (Å²) in [5.41, 5.74) is 4.42. The maximum Gasteiger partial charge on any atom is 0.273 e. The van der Waals surface area contributed by atoms with Gasteiger partial charge in [-0.3, -0.25) is 9.89 Å². The van der Waals surface area contributed by atoms with Crippen molar-refractivity contribution < 1.29 is 14.3 Å². The number of nitrogens with one attached hydrogen (secondary N) is 1. The van der Waals surface area contributed by atoms with Crippen molar-refractivity contribution >= 4 is 5.91 Å². The molecule has 1 atom stereocenters. The summed E-state index contributed by atoms with van der Waals surface area (Å²) in [7, 11) is 1.66. The van der Waals surface area contributed by atoms with Crippen LogP contribution in [0, 0.1) is 0 Å². The highest BCUT2D eigenvalue weighted by Crippen LogP contribution is 2.47. The zero-order chi connectivity index (χ0) is 22.1. The SMILES string of the molecule is CCCOc1ccc(C2c3c(-c4ccccc4)n[nH]c3C(=O)N2C2CCCC2)cc1OC. The average Bonchev–Trinajstić information content (AvgIpc) is 3.56. The van der Waals surface area contributed by atoms with Gasteiger partial charge in [0.05, 0.1) is 25.5 Å². The molecule has 6 nitrogen and oxygen atoms in total. The molecule has 6 heteroatoms. The maximum atomic E-state index is 13.6. The normalized spacial score (nSPS) is 18.2. The van der Waals surface area contributed by atoms with Gasteiger partial charge in [-0.25, -0.2) is 0 Å². The molecule has 1 aliphatic carbocycles. The first kappa shape index (κ1) is 20.6. The third-order valence-corrected chi connectivity index (χ3v) is 6.53. The van der Waals surface area contributed by atoms with E-state index in [1.165, 1.54) is 0 Å². The molecular weight excluding hydrogens is 402 g/mol. The number of hydrogen-bond donors (Lipinski definition) is 1. The summed E-state index contributed by atoms with van der Waals surface area (Å²) in [6.07, 6.45) is 5.32. The van der Waals surface area contributed by atoms with Gasteiger partial charge in [-0.2, -0.15) is 5.10 Å². The zero-order valence-corrected chi connectivity index (χ0v) is 18.6. The topological polar surface area (TPSA) is 67.5 Å². The number of fused-ring (bicyclic) bond motifs is 1. The van der Waals surface area contributed by atoms with Crippen LogP contribution in [0.25, 0.3) is 11.3 Å². The summed E-state index contributed by atoms with van der Waals surface area (Å²) in [5.74, 6) is 1.45. The third kappa shape index (κ3) is 3.44. The molecule has 1 N–H and O–H groups in total. The quantitative estimate of drug-likeness (QED) is 0.547. The van der Waals surface area contributed by atoms with Crippen molar-refractivity contribution in [3.8, 4) is 22.8 Å². The summed E-state index contributed by atoms with van der Waals surface area (Å²) in [6.45, 7) is 2.71. The Morgan fingerprint density at radius 3 is 2.59 bits per heavy atom. The van der Waals surface area contributed by atoms with Gasteiger partial charge in [-0.15, -0.1) is 0 Å². The van der Waals surface area contributed by atoms with Crippen molar-refractivity contribution in [1.29, 1.82) is 0 Å². The van der Waals surface area contributed by atoms with Gasteiger partial charge in [0.15, 0.2) is 11.5 Å². The molecule has 1 unspecified atom stereocenters. The van der Waals surface area contributed by atoms with E-state index < -0.39 is 0 Å². The van der Waals surface area contributed by atoms with Gasteiger partial charge in [-0.1, -0.05) is 56.2 Å². The lowest BCUT2D eigenvalue weighted by molar-refractivity contribution is 0.0660. The van der Waals surface area contributed by atoms with Gasteiger partial charge >= 0.3 is 0 Å². The van der Waals surface area contributed by atoms with Crippen molar-refractivity contribution in [2.45, 2.75) is 51.1 Å². The molecule has 0 radical (unpaired) electrons. The van der Waals surface area contributed by atoms with E-state index in [0.717, 1.165) is 60.2 Å². The number of H-pyrrole nitrogens is 1. The van der Waals surface area contributed by atoms with E-state index >= 15 is 0 Å². The van der Waals surface area contributed by atoms with Crippen molar-refractivity contribution in [2.24, 2.45) is 0 Å². The minimum absolute atomic E-state index is 0.0388. The number of benzene rings is 2. The van der Waals surface area contributed by atoms with Crippen LogP contribution in [-0.2, 0) is 0 Å². The average molecular weight is 432 g/mol. The molecule has 1 saturated carbocycles. The van der Waals surface area contributed by atoms with E-state index in [9.17, 15) is 4.79 Å². The van der Waals surface area contributed by atoms with Crippen molar-refractivity contribution in [3.05, 3.63) is 65.4 Å². The van der Waals surface area contributed by atoms with E-state index in [1.807, 2.05) is 42.5 Å². The number of hydrogen-bond acceptors (Lipinski definition) is 4. The molecule has 0 saturated heterocycles. The first-order valence-electron chi connectivity index (χ1n) is 11.5. The Labute approximate surface area is 188 Å². The Balaban J connectivity index is 1.63. The molecule has 5 rings (SSSR count). The van der Waals surface area contributed by atoms with E-state index in [-0.39, 0.29) is 18.0 Å². The predicted octanol–water partition coefficient (Wildman–Crippen LogP) is 5.36. The largest absolute Gasteiger partial charge is 0.493 e. The molecule has 1 aromatic heterocycles. The lowest BCUT2D eigenvalue weighted by atomic mass is 9.95. The minimum Gasteiger partial charge on any atom is -0.493 e. The highest BCUT2D eigenvalue weighted by atomic mass is 16.5. The van der Waals surface area contributed by atoms with E-state index in [0.29, 0.717) is 18.1 Å². The monoisotopic (exact) mass is 431 g/mol. The number of ether oxygens (including phenoxy) is 2. The van der Waals surface area contributed by atoms with Crippen LogP contribution in [0.15, 0.2) is 48.5 Å². The number of rotatable bonds is 7. The maximum absolute atomic E-state index is 13.6. The minimum atomic E-state index is -0.205. The Morgan fingerprint density at radius 1 is 1.09 bits per heavy atom. The second-order valence-electron chi connectivity index (χ2n) is 8.54. The molecule has 166 valence electrons. The summed E-state index contributed by atoms with van der Waals surface area (Å²) < 4.78 is 11.5. The zero-order valence-electron chi connectivity index (χ0n) is 18.6. The van der Waals surface area contributed by atoms with Gasteiger partial charge in [0.1, 0.15) is 5.69 Å². The van der Waals surface area contributed by atoms with E-state index in [2.05, 4.69) is 28.1 Å². The highest BCUT2D eigenvalue weighted by Gasteiger charge is 2.45. The highest BCUT2D eigenvalue weighted by molar-refractivity contribution is 6.00. The van der Waals surface area contributed by atoms with E-state index in [1.54, 1.807) is 7.11 Å². The van der Waals surface area contributed by atoms with Gasteiger partial charge in [0.25, 0.3) is 5.91 Å². The molecule has 2 aromatic carbocycles. The van der Waals surface area contributed by atoms with Crippen LogP contribution in [0.1, 0.15) is 66.7 Å². The standard InChI is InChI=1S/C26H29N3O3/c1-3-15-32-20-14-13-18(16-21(20)31-2)25-22-23(17-9-5-4-6-10-17)27-28-24(22)26(30)29(25)19-11-7-8-12-19/h4-6,9-10,13-14,16,19,25H,3,7-8,11-12,15H2,1-2H3,(H,27,28). The molecule has 0 bridgehead atoms. The molecule has 2 heterocycles. The lowest BCUT2D eigenvalue weighted by Gasteiger charge is -2.32. The van der Waals surface area contributed by atoms with Crippen LogP contribution in [0.2, 0.25) is 0 Å². The first-order valence-corrected chi connectivity index (χ1v) is 11.5. The molecule has 2 aliphatic rings. The van der Waals surface area contributed by atoms with Gasteiger partial charge in [0.2, 0.25) is 0 Å². The summed E-state index contributed by atoms with van der Waals surface area (Å²) in [4.78, 5) is 15.6. The fourth-order valence-corrected chi connectivity index (χ4v) is 5.05. The molecule has 3 aromatic rings. The number of aromatic nitrogens is 2. The Hall–Kier alpha value is -3.28. The van der Waals surface area contributed by atoms with Crippen molar-refractivity contribution in [3.63, 3.8) is 0 Å². The van der Waals surface area contributed by atoms with Gasteiger partial charge in [-0.05, 0) is 37.0 Å². The Kier molecular flexibility index (Phi) is 5.60.